The summed E-state index contributed by atoms with van der Waals surface area (Å²) in [6, 6.07) is 10.6. The van der Waals surface area contributed by atoms with Gasteiger partial charge >= 0.3 is 5.69 Å². The zero-order chi connectivity index (χ0) is 20.4. The molecule has 146 valence electrons. The predicted octanol–water partition coefficient (Wildman–Crippen LogP) is 2.98. The molecular formula is C20H16ClN5O3. The summed E-state index contributed by atoms with van der Waals surface area (Å²) in [4.78, 5) is 22.0. The largest absolute Gasteiger partial charge is 0.473 e. The van der Waals surface area contributed by atoms with Crippen LogP contribution in [0.1, 0.15) is 11.1 Å². The van der Waals surface area contributed by atoms with E-state index >= 15 is 0 Å². The number of hydrogen-bond donors (Lipinski definition) is 0. The average Bonchev–Trinajstić information content (AvgIpc) is 3.08. The van der Waals surface area contributed by atoms with Gasteiger partial charge in [0.1, 0.15) is 30.0 Å². The van der Waals surface area contributed by atoms with Crippen molar-refractivity contribution >= 4 is 17.4 Å². The first-order chi connectivity index (χ1) is 14.0. The minimum atomic E-state index is -0.335. The summed E-state index contributed by atoms with van der Waals surface area (Å²) in [5, 5.41) is 9.90. The molecule has 9 heteroatoms. The molecule has 29 heavy (non-hydrogen) atoms. The number of hydrogen-bond acceptors (Lipinski definition) is 7. The first kappa shape index (κ1) is 18.8. The molecule has 1 aliphatic heterocycles. The van der Waals surface area contributed by atoms with Gasteiger partial charge in [-0.15, -0.1) is 0 Å². The van der Waals surface area contributed by atoms with E-state index < -0.39 is 0 Å². The van der Waals surface area contributed by atoms with Gasteiger partial charge in [0.2, 0.25) is 5.88 Å². The van der Waals surface area contributed by atoms with Crippen molar-refractivity contribution < 1.29 is 9.47 Å². The van der Waals surface area contributed by atoms with Crippen molar-refractivity contribution in [1.29, 1.82) is 5.26 Å². The summed E-state index contributed by atoms with van der Waals surface area (Å²) < 4.78 is 13.0. The smallest absolute Gasteiger partial charge is 0.352 e. The van der Waals surface area contributed by atoms with Crippen molar-refractivity contribution in [2.45, 2.75) is 13.2 Å². The highest BCUT2D eigenvalue weighted by molar-refractivity contribution is 6.30. The van der Waals surface area contributed by atoms with E-state index in [4.69, 9.17) is 21.1 Å². The van der Waals surface area contributed by atoms with E-state index in [1.165, 1.54) is 12.4 Å². The van der Waals surface area contributed by atoms with Gasteiger partial charge in [-0.1, -0.05) is 17.7 Å². The van der Waals surface area contributed by atoms with Crippen molar-refractivity contribution in [3.8, 4) is 23.4 Å². The van der Waals surface area contributed by atoms with Crippen LogP contribution < -0.4 is 20.1 Å². The Morgan fingerprint density at radius 3 is 2.90 bits per heavy atom. The summed E-state index contributed by atoms with van der Waals surface area (Å²) in [5.41, 5.74) is 0.750. The Balaban J connectivity index is 1.50. The van der Waals surface area contributed by atoms with Crippen LogP contribution >= 0.6 is 11.6 Å². The van der Waals surface area contributed by atoms with Crippen molar-refractivity contribution in [2.24, 2.45) is 0 Å². The number of rotatable bonds is 5. The third-order valence-electron chi connectivity index (χ3n) is 4.47. The first-order valence-corrected chi connectivity index (χ1v) is 9.18. The van der Waals surface area contributed by atoms with E-state index in [9.17, 15) is 10.1 Å². The van der Waals surface area contributed by atoms with E-state index in [1.807, 2.05) is 11.9 Å². The van der Waals surface area contributed by atoms with Crippen molar-refractivity contribution in [2.75, 3.05) is 18.5 Å². The number of benzene rings is 1. The zero-order valence-electron chi connectivity index (χ0n) is 15.5. The highest BCUT2D eigenvalue weighted by Gasteiger charge is 2.19. The molecule has 0 N–H and O–H groups in total. The van der Waals surface area contributed by atoms with Crippen LogP contribution in [0.5, 0.6) is 17.4 Å². The number of halogens is 1. The Kier molecular flexibility index (Phi) is 5.06. The molecule has 0 bridgehead atoms. The Labute approximate surface area is 171 Å². The molecule has 1 aromatic carbocycles. The van der Waals surface area contributed by atoms with Crippen LogP contribution in [0.2, 0.25) is 5.02 Å². The maximum Gasteiger partial charge on any atom is 0.352 e. The molecule has 0 unspecified atom stereocenters. The molecule has 0 amide bonds. The molecule has 3 aromatic rings. The van der Waals surface area contributed by atoms with Crippen molar-refractivity contribution in [3.63, 3.8) is 0 Å². The summed E-state index contributed by atoms with van der Waals surface area (Å²) in [6.07, 6.45) is 3.01. The second-order valence-electron chi connectivity index (χ2n) is 6.48. The number of likely N-dealkylation sites (N-methyl/N-ethyl adjacent to an activating group) is 1. The van der Waals surface area contributed by atoms with Crippen LogP contribution in [-0.2, 0) is 13.2 Å². The summed E-state index contributed by atoms with van der Waals surface area (Å²) in [6.45, 7) is 1.54. The number of anilines is 1. The minimum absolute atomic E-state index is 0.160. The Bertz CT molecular complexity index is 1170. The lowest BCUT2D eigenvalue weighted by Crippen LogP contribution is -2.22. The lowest BCUT2D eigenvalue weighted by molar-refractivity contribution is 0.291. The van der Waals surface area contributed by atoms with Crippen molar-refractivity contribution in [3.05, 3.63) is 69.4 Å². The summed E-state index contributed by atoms with van der Waals surface area (Å²) >= 11 is 5.91. The van der Waals surface area contributed by atoms with Gasteiger partial charge in [0.25, 0.3) is 0 Å². The SMILES string of the molecule is CN1CCn2c1cc(OCc1ccc(Oc3cncc(Cl)c3)c(C#N)c1)nc2=O. The Morgan fingerprint density at radius 2 is 2.10 bits per heavy atom. The standard InChI is InChI=1S/C20H16ClN5O3/c1-25-4-5-26-19(25)8-18(24-20(26)27)28-12-13-2-3-17(14(6-13)9-22)29-16-7-15(21)10-23-11-16/h2-3,6-8,10-11H,4-5,12H2,1H3. The molecule has 0 aliphatic carbocycles. The molecule has 1 aliphatic rings. The number of nitrogens with zero attached hydrogens (tertiary/aromatic N) is 5. The van der Waals surface area contributed by atoms with Crippen LogP contribution in [0.15, 0.2) is 47.5 Å². The van der Waals surface area contributed by atoms with Gasteiger partial charge in [-0.05, 0) is 17.7 Å². The molecular weight excluding hydrogens is 394 g/mol. The van der Waals surface area contributed by atoms with E-state index in [0.717, 1.165) is 17.9 Å². The fraction of sp³-hybridized carbons (Fsp3) is 0.200. The third-order valence-corrected chi connectivity index (χ3v) is 4.68. The van der Waals surface area contributed by atoms with Crippen LogP contribution in [0.3, 0.4) is 0 Å². The monoisotopic (exact) mass is 409 g/mol. The number of nitriles is 1. The van der Waals surface area contributed by atoms with E-state index in [-0.39, 0.29) is 18.2 Å². The first-order valence-electron chi connectivity index (χ1n) is 8.81. The molecule has 0 fully saturated rings. The fourth-order valence-electron chi connectivity index (χ4n) is 3.01. The van der Waals surface area contributed by atoms with Gasteiger partial charge in [-0.2, -0.15) is 10.2 Å². The molecule has 2 aromatic heterocycles. The summed E-state index contributed by atoms with van der Waals surface area (Å²) in [5.74, 6) is 1.84. The number of fused-ring (bicyclic) bond motifs is 1. The van der Waals surface area contributed by atoms with Gasteiger partial charge in [-0.3, -0.25) is 9.55 Å². The lowest BCUT2D eigenvalue weighted by Gasteiger charge is -2.13. The molecule has 0 saturated carbocycles. The molecule has 0 radical (unpaired) electrons. The van der Waals surface area contributed by atoms with Gasteiger partial charge in [0.15, 0.2) is 0 Å². The van der Waals surface area contributed by atoms with E-state index in [2.05, 4.69) is 16.0 Å². The average molecular weight is 410 g/mol. The van der Waals surface area contributed by atoms with E-state index in [0.29, 0.717) is 28.6 Å². The second kappa shape index (κ2) is 7.81. The highest BCUT2D eigenvalue weighted by atomic mass is 35.5. The molecule has 0 saturated heterocycles. The van der Waals surface area contributed by atoms with Crippen LogP contribution in [-0.4, -0.2) is 28.1 Å². The quantitative estimate of drug-likeness (QED) is 0.639. The van der Waals surface area contributed by atoms with Gasteiger partial charge in [-0.25, -0.2) is 4.79 Å². The van der Waals surface area contributed by atoms with E-state index in [1.54, 1.807) is 34.9 Å². The topological polar surface area (TPSA) is 93.3 Å². The third kappa shape index (κ3) is 4.00. The second-order valence-corrected chi connectivity index (χ2v) is 6.92. The molecule has 0 atom stereocenters. The molecule has 8 nitrogen and oxygen atoms in total. The highest BCUT2D eigenvalue weighted by Crippen LogP contribution is 2.27. The van der Waals surface area contributed by atoms with Gasteiger partial charge in [0, 0.05) is 38.5 Å². The minimum Gasteiger partial charge on any atom is -0.473 e. The normalized spacial score (nSPS) is 12.4. The predicted molar refractivity (Wildman–Crippen MR) is 107 cm³/mol. The Hall–Kier alpha value is -3.57. The Morgan fingerprint density at radius 1 is 1.24 bits per heavy atom. The maximum absolute atomic E-state index is 12.1. The molecule has 0 spiro atoms. The number of ether oxygens (including phenoxy) is 2. The number of aromatic nitrogens is 3. The van der Waals surface area contributed by atoms with Crippen LogP contribution in [0.25, 0.3) is 0 Å². The van der Waals surface area contributed by atoms with Crippen LogP contribution in [0, 0.1) is 11.3 Å². The summed E-state index contributed by atoms with van der Waals surface area (Å²) in [7, 11) is 1.91. The van der Waals surface area contributed by atoms with Crippen LogP contribution in [0.4, 0.5) is 5.82 Å². The molecule has 3 heterocycles. The van der Waals surface area contributed by atoms with Gasteiger partial charge < -0.3 is 14.4 Å². The van der Waals surface area contributed by atoms with Crippen molar-refractivity contribution in [1.82, 2.24) is 14.5 Å². The zero-order valence-corrected chi connectivity index (χ0v) is 16.3. The van der Waals surface area contributed by atoms with Gasteiger partial charge in [0.05, 0.1) is 16.8 Å². The lowest BCUT2D eigenvalue weighted by atomic mass is 10.1. The molecule has 4 rings (SSSR count). The fourth-order valence-corrected chi connectivity index (χ4v) is 3.18. The number of pyridine rings is 1. The maximum atomic E-state index is 12.1.